The van der Waals surface area contributed by atoms with Gasteiger partial charge in [0.15, 0.2) is 11.7 Å². The van der Waals surface area contributed by atoms with Gasteiger partial charge in [0.05, 0.1) is 41.3 Å². The van der Waals surface area contributed by atoms with Crippen LogP contribution in [0.2, 0.25) is 5.15 Å². The molecule has 3 heterocycles. The van der Waals surface area contributed by atoms with Gasteiger partial charge in [0.1, 0.15) is 15.0 Å². The molecule has 1 aromatic carbocycles. The lowest BCUT2D eigenvalue weighted by atomic mass is 9.98. The second-order valence-electron chi connectivity index (χ2n) is 9.25. The van der Waals surface area contributed by atoms with Crippen molar-refractivity contribution in [3.8, 4) is 0 Å². The fraction of sp³-hybridized carbons (Fsp3) is 0.458. The minimum atomic E-state index is -4.74. The molecule has 0 saturated carbocycles. The first kappa shape index (κ1) is 28.1. The van der Waals surface area contributed by atoms with E-state index in [9.17, 15) is 26.4 Å². The first-order chi connectivity index (χ1) is 17.8. The van der Waals surface area contributed by atoms with Gasteiger partial charge in [0.25, 0.3) is 0 Å². The van der Waals surface area contributed by atoms with Gasteiger partial charge >= 0.3 is 6.18 Å². The lowest BCUT2D eigenvalue weighted by Crippen LogP contribution is -2.44. The van der Waals surface area contributed by atoms with E-state index in [1.807, 2.05) is 6.92 Å². The van der Waals surface area contributed by atoms with Gasteiger partial charge in [-0.2, -0.15) is 18.3 Å². The van der Waals surface area contributed by atoms with Gasteiger partial charge in [-0.25, -0.2) is 17.9 Å². The molecular weight excluding hydrogens is 547 g/mol. The number of methoxy groups -OCH3 is 1. The van der Waals surface area contributed by atoms with Gasteiger partial charge in [-0.15, -0.1) is 0 Å². The van der Waals surface area contributed by atoms with Gasteiger partial charge in [-0.05, 0) is 37.5 Å². The quantitative estimate of drug-likeness (QED) is 0.436. The van der Waals surface area contributed by atoms with Gasteiger partial charge in [0.2, 0.25) is 5.91 Å². The second kappa shape index (κ2) is 10.7. The van der Waals surface area contributed by atoms with Crippen LogP contribution in [0.5, 0.6) is 0 Å². The lowest BCUT2D eigenvalue weighted by molar-refractivity contribution is -0.190. The Morgan fingerprint density at radius 1 is 1.24 bits per heavy atom. The molecule has 1 aliphatic heterocycles. The maximum Gasteiger partial charge on any atom is 0.413 e. The zero-order valence-electron chi connectivity index (χ0n) is 20.9. The van der Waals surface area contributed by atoms with E-state index in [0.717, 1.165) is 7.05 Å². The Labute approximate surface area is 222 Å². The van der Waals surface area contributed by atoms with E-state index < -0.39 is 40.0 Å². The number of nitrogens with zero attached hydrogens (tertiary/aromatic N) is 4. The molecule has 38 heavy (non-hydrogen) atoms. The molecule has 206 valence electrons. The highest BCUT2D eigenvalue weighted by Gasteiger charge is 2.46. The van der Waals surface area contributed by atoms with Crippen LogP contribution in [0.15, 0.2) is 36.7 Å². The maximum absolute atomic E-state index is 14.1. The summed E-state index contributed by atoms with van der Waals surface area (Å²) in [6.07, 6.45) is -2.02. The number of nitrogens with one attached hydrogen (secondary N) is 1. The molecule has 0 aliphatic carbocycles. The standard InChI is InChI=1S/C24H27ClF3N5O4S/c1-14(37-3)20-18(12-29-33-13-19(25)31-22(20)33)30-17-6-4-15(5-7-17)21(24(26,27)28)32(2)23(34)16-8-10-38(35,36)11-9-16/h4-7,12-14,16,21,30H,8-11H2,1-3H3/t14-,21-/m1/s1. The molecule has 1 fully saturated rings. The summed E-state index contributed by atoms with van der Waals surface area (Å²) < 4.78 is 72.7. The van der Waals surface area contributed by atoms with Crippen LogP contribution in [-0.4, -0.2) is 65.7 Å². The third-order valence-electron chi connectivity index (χ3n) is 6.72. The van der Waals surface area contributed by atoms with Crippen molar-refractivity contribution in [3.63, 3.8) is 0 Å². The topological polar surface area (TPSA) is 106 Å². The highest BCUT2D eigenvalue weighted by atomic mass is 35.5. The first-order valence-corrected chi connectivity index (χ1v) is 14.0. The number of hydrogen-bond donors (Lipinski definition) is 1. The van der Waals surface area contributed by atoms with Gasteiger partial charge in [0, 0.05) is 25.8 Å². The van der Waals surface area contributed by atoms with Crippen molar-refractivity contribution in [2.45, 2.75) is 38.1 Å². The molecule has 2 aromatic heterocycles. The van der Waals surface area contributed by atoms with E-state index in [4.69, 9.17) is 16.3 Å². The third kappa shape index (κ3) is 5.89. The molecule has 1 saturated heterocycles. The zero-order chi connectivity index (χ0) is 27.8. The largest absolute Gasteiger partial charge is 0.413 e. The minimum Gasteiger partial charge on any atom is -0.377 e. The molecular formula is C24H27ClF3N5O4S. The SMILES string of the molecule is CO[C@H](C)c1c(Nc2ccc([C@@H](N(C)C(=O)C3CCS(=O)(=O)CC3)C(F)(F)F)cc2)cnn2cc(Cl)nc12. The monoisotopic (exact) mass is 573 g/mol. The molecule has 0 bridgehead atoms. The fourth-order valence-corrected chi connectivity index (χ4v) is 6.30. The van der Waals surface area contributed by atoms with Crippen molar-refractivity contribution in [2.75, 3.05) is 31.0 Å². The van der Waals surface area contributed by atoms with Gasteiger partial charge in [-0.1, -0.05) is 23.7 Å². The molecule has 0 unspecified atom stereocenters. The number of amides is 1. The predicted molar refractivity (Wildman–Crippen MR) is 136 cm³/mol. The third-order valence-corrected chi connectivity index (χ3v) is 8.61. The summed E-state index contributed by atoms with van der Waals surface area (Å²) in [7, 11) is -0.616. The summed E-state index contributed by atoms with van der Waals surface area (Å²) in [6, 6.07) is 3.37. The molecule has 1 amide bonds. The predicted octanol–water partition coefficient (Wildman–Crippen LogP) is 4.72. The maximum atomic E-state index is 14.1. The van der Waals surface area contributed by atoms with Crippen molar-refractivity contribution in [1.82, 2.24) is 19.5 Å². The summed E-state index contributed by atoms with van der Waals surface area (Å²) in [6.45, 7) is 1.81. The number of fused-ring (bicyclic) bond motifs is 1. The minimum absolute atomic E-state index is 0.0152. The Balaban J connectivity index is 1.59. The number of alkyl halides is 3. The molecule has 2 atom stereocenters. The number of aromatic nitrogens is 3. The summed E-state index contributed by atoms with van der Waals surface area (Å²) in [5.74, 6) is -1.90. The van der Waals surface area contributed by atoms with Crippen LogP contribution >= 0.6 is 11.6 Å². The average Bonchev–Trinajstić information content (AvgIpc) is 3.23. The Bertz CT molecular complexity index is 1420. The molecule has 1 N–H and O–H groups in total. The van der Waals surface area contributed by atoms with Crippen molar-refractivity contribution < 1.29 is 31.1 Å². The van der Waals surface area contributed by atoms with Crippen LogP contribution in [-0.2, 0) is 19.4 Å². The molecule has 0 spiro atoms. The van der Waals surface area contributed by atoms with Crippen LogP contribution in [0.4, 0.5) is 24.5 Å². The van der Waals surface area contributed by atoms with Crippen LogP contribution in [0.25, 0.3) is 5.65 Å². The van der Waals surface area contributed by atoms with Crippen molar-refractivity contribution in [3.05, 3.63) is 52.9 Å². The van der Waals surface area contributed by atoms with E-state index in [-0.39, 0.29) is 35.1 Å². The number of carbonyl (C=O) groups excluding carboxylic acids is 1. The zero-order valence-corrected chi connectivity index (χ0v) is 22.4. The number of sulfone groups is 1. The smallest absolute Gasteiger partial charge is 0.377 e. The normalized spacial score (nSPS) is 17.8. The Morgan fingerprint density at radius 2 is 1.87 bits per heavy atom. The number of halogens is 4. The average molecular weight is 574 g/mol. The summed E-state index contributed by atoms with van der Waals surface area (Å²) >= 11 is 6.03. The Kier molecular flexibility index (Phi) is 7.91. The van der Waals surface area contributed by atoms with Gasteiger partial charge in [-0.3, -0.25) is 4.79 Å². The van der Waals surface area contributed by atoms with Crippen LogP contribution in [0, 0.1) is 5.92 Å². The fourth-order valence-electron chi connectivity index (χ4n) is 4.63. The highest BCUT2D eigenvalue weighted by Crippen LogP contribution is 2.39. The summed E-state index contributed by atoms with van der Waals surface area (Å²) in [4.78, 5) is 17.9. The number of ether oxygens (including phenoxy) is 1. The Morgan fingerprint density at radius 3 is 2.45 bits per heavy atom. The van der Waals surface area contributed by atoms with E-state index in [1.165, 1.54) is 35.9 Å². The van der Waals surface area contributed by atoms with Crippen LogP contribution in [0.3, 0.4) is 0 Å². The van der Waals surface area contributed by atoms with Crippen molar-refractivity contribution in [1.29, 1.82) is 0 Å². The van der Waals surface area contributed by atoms with E-state index >= 15 is 0 Å². The van der Waals surface area contributed by atoms with Gasteiger partial charge < -0.3 is 15.0 Å². The van der Waals surface area contributed by atoms with Crippen molar-refractivity contribution in [2.24, 2.45) is 5.92 Å². The van der Waals surface area contributed by atoms with E-state index in [0.29, 0.717) is 27.5 Å². The second-order valence-corrected chi connectivity index (χ2v) is 11.9. The molecule has 3 aromatic rings. The molecule has 0 radical (unpaired) electrons. The first-order valence-electron chi connectivity index (χ1n) is 11.8. The van der Waals surface area contributed by atoms with Crippen LogP contribution < -0.4 is 5.32 Å². The van der Waals surface area contributed by atoms with E-state index in [2.05, 4.69) is 15.4 Å². The molecule has 4 rings (SSSR count). The number of hydrogen-bond acceptors (Lipinski definition) is 7. The number of benzene rings is 1. The highest BCUT2D eigenvalue weighted by molar-refractivity contribution is 7.91. The van der Waals surface area contributed by atoms with Crippen molar-refractivity contribution >= 4 is 44.4 Å². The lowest BCUT2D eigenvalue weighted by Gasteiger charge is -2.34. The number of carbonyl (C=O) groups is 1. The number of rotatable bonds is 7. The summed E-state index contributed by atoms with van der Waals surface area (Å²) in [5.41, 5.74) is 2.02. The molecule has 1 aliphatic rings. The molecule has 14 heteroatoms. The molecule has 9 nitrogen and oxygen atoms in total. The number of anilines is 2. The Hall–Kier alpha value is -2.90. The summed E-state index contributed by atoms with van der Waals surface area (Å²) in [5, 5.41) is 7.66. The van der Waals surface area contributed by atoms with Crippen LogP contribution in [0.1, 0.15) is 43.0 Å². The number of imidazole rings is 1. The van der Waals surface area contributed by atoms with E-state index in [1.54, 1.807) is 12.4 Å².